The predicted octanol–water partition coefficient (Wildman–Crippen LogP) is -1.90. The quantitative estimate of drug-likeness (QED) is 0.507. The third kappa shape index (κ3) is 4.13. The topological polar surface area (TPSA) is 107 Å². The normalized spacial score (nSPS) is 20.6. The summed E-state index contributed by atoms with van der Waals surface area (Å²) in [6.07, 6.45) is 0. The van der Waals surface area contributed by atoms with Crippen molar-refractivity contribution in [1.29, 1.82) is 0 Å². The molecule has 0 saturated carbocycles. The molecule has 1 saturated heterocycles. The number of carbonyl (C=O) groups is 2. The number of rotatable bonds is 5. The summed E-state index contributed by atoms with van der Waals surface area (Å²) in [5.41, 5.74) is 5.41. The molecule has 7 nitrogen and oxygen atoms in total. The van der Waals surface area contributed by atoms with Gasteiger partial charge in [-0.15, -0.1) is 0 Å². The highest BCUT2D eigenvalue weighted by atomic mass is 16.4. The Morgan fingerprint density at radius 2 is 1.62 bits per heavy atom. The molecule has 0 aromatic carbocycles. The Hall–Kier alpha value is -1.18. The van der Waals surface area contributed by atoms with E-state index >= 15 is 0 Å². The molecule has 0 bridgehead atoms. The van der Waals surface area contributed by atoms with Gasteiger partial charge in [-0.1, -0.05) is 0 Å². The average molecular weight is 231 g/mol. The van der Waals surface area contributed by atoms with Gasteiger partial charge >= 0.3 is 11.9 Å². The number of aliphatic carboxylic acids is 2. The van der Waals surface area contributed by atoms with Crippen molar-refractivity contribution in [2.24, 2.45) is 5.73 Å². The van der Waals surface area contributed by atoms with Gasteiger partial charge in [0.25, 0.3) is 0 Å². The second kappa shape index (κ2) is 5.78. The Bertz CT molecular complexity index is 263. The number of carboxylic acid groups (broad SMARTS) is 2. The van der Waals surface area contributed by atoms with Gasteiger partial charge in [0.05, 0.1) is 6.54 Å². The van der Waals surface area contributed by atoms with E-state index < -0.39 is 18.0 Å². The fourth-order valence-electron chi connectivity index (χ4n) is 1.68. The van der Waals surface area contributed by atoms with E-state index in [1.807, 2.05) is 9.80 Å². The highest BCUT2D eigenvalue weighted by molar-refractivity contribution is 5.73. The van der Waals surface area contributed by atoms with Crippen molar-refractivity contribution in [3.63, 3.8) is 0 Å². The minimum Gasteiger partial charge on any atom is -0.480 e. The molecular formula is C9H17N3O4. The molecule has 16 heavy (non-hydrogen) atoms. The molecule has 0 aromatic rings. The van der Waals surface area contributed by atoms with Crippen molar-refractivity contribution in [1.82, 2.24) is 9.80 Å². The van der Waals surface area contributed by atoms with Gasteiger partial charge < -0.3 is 15.9 Å². The molecule has 92 valence electrons. The summed E-state index contributed by atoms with van der Waals surface area (Å²) in [6.45, 7) is 2.95. The zero-order valence-corrected chi connectivity index (χ0v) is 9.00. The lowest BCUT2D eigenvalue weighted by Gasteiger charge is -2.34. The van der Waals surface area contributed by atoms with Crippen LogP contribution in [-0.4, -0.2) is 77.3 Å². The maximum atomic E-state index is 10.5. The van der Waals surface area contributed by atoms with E-state index in [2.05, 4.69) is 0 Å². The maximum absolute atomic E-state index is 10.5. The number of nitrogens with two attached hydrogens (primary N) is 1. The van der Waals surface area contributed by atoms with Gasteiger partial charge in [-0.3, -0.25) is 19.4 Å². The van der Waals surface area contributed by atoms with E-state index in [0.29, 0.717) is 32.7 Å². The molecule has 1 aliphatic heterocycles. The van der Waals surface area contributed by atoms with Crippen molar-refractivity contribution >= 4 is 11.9 Å². The van der Waals surface area contributed by atoms with Crippen molar-refractivity contribution < 1.29 is 19.8 Å². The first kappa shape index (κ1) is 12.9. The van der Waals surface area contributed by atoms with Crippen LogP contribution in [0.15, 0.2) is 0 Å². The van der Waals surface area contributed by atoms with E-state index in [0.717, 1.165) is 0 Å². The molecule has 0 radical (unpaired) electrons. The standard InChI is InChI=1S/C9H17N3O4/c10-7(9(15)16)5-11-1-3-12(4-2-11)6-8(13)14/h7H,1-6,10H2,(H,13,14)(H,15,16)/t7-/m0/s1. The van der Waals surface area contributed by atoms with Gasteiger partial charge in [0.15, 0.2) is 0 Å². The van der Waals surface area contributed by atoms with E-state index in [1.165, 1.54) is 0 Å². The molecular weight excluding hydrogens is 214 g/mol. The summed E-state index contributed by atoms with van der Waals surface area (Å²) in [4.78, 5) is 24.8. The first-order chi connectivity index (χ1) is 7.49. The summed E-state index contributed by atoms with van der Waals surface area (Å²) >= 11 is 0. The van der Waals surface area contributed by atoms with Gasteiger partial charge in [0, 0.05) is 32.7 Å². The maximum Gasteiger partial charge on any atom is 0.321 e. The first-order valence-electron chi connectivity index (χ1n) is 5.14. The summed E-state index contributed by atoms with van der Waals surface area (Å²) in [6, 6.07) is -0.869. The zero-order valence-electron chi connectivity index (χ0n) is 9.00. The van der Waals surface area contributed by atoms with Gasteiger partial charge in [-0.2, -0.15) is 0 Å². The summed E-state index contributed by atoms with van der Waals surface area (Å²) in [5.74, 6) is -1.84. The SMILES string of the molecule is N[C@@H](CN1CCN(CC(=O)O)CC1)C(=O)O. The smallest absolute Gasteiger partial charge is 0.321 e. The molecule has 0 spiro atoms. The molecule has 0 aromatic heterocycles. The Balaban J connectivity index is 2.26. The second-order valence-electron chi connectivity index (χ2n) is 3.92. The third-order valence-electron chi connectivity index (χ3n) is 2.60. The lowest BCUT2D eigenvalue weighted by Crippen LogP contribution is -2.52. The second-order valence-corrected chi connectivity index (χ2v) is 3.92. The molecule has 1 aliphatic rings. The number of hydrogen-bond acceptors (Lipinski definition) is 5. The molecule has 1 fully saturated rings. The molecule has 4 N–H and O–H groups in total. The van der Waals surface area contributed by atoms with Crippen LogP contribution in [0.2, 0.25) is 0 Å². The van der Waals surface area contributed by atoms with Gasteiger partial charge in [0.1, 0.15) is 6.04 Å². The van der Waals surface area contributed by atoms with Crippen LogP contribution >= 0.6 is 0 Å². The van der Waals surface area contributed by atoms with Crippen LogP contribution in [0.5, 0.6) is 0 Å². The highest BCUT2D eigenvalue weighted by Gasteiger charge is 2.22. The zero-order chi connectivity index (χ0) is 12.1. The average Bonchev–Trinajstić information content (AvgIpc) is 2.20. The molecule has 7 heteroatoms. The summed E-state index contributed by atoms with van der Waals surface area (Å²) in [7, 11) is 0. The molecule has 0 unspecified atom stereocenters. The molecule has 1 rings (SSSR count). The molecule has 1 atom stereocenters. The van der Waals surface area contributed by atoms with Crippen LogP contribution in [0.3, 0.4) is 0 Å². The Kier molecular flexibility index (Phi) is 4.66. The lowest BCUT2D eigenvalue weighted by molar-refractivity contribution is -0.139. The van der Waals surface area contributed by atoms with E-state index in [1.54, 1.807) is 0 Å². The van der Waals surface area contributed by atoms with Gasteiger partial charge in [0.2, 0.25) is 0 Å². The summed E-state index contributed by atoms with van der Waals surface area (Å²) in [5, 5.41) is 17.2. The Morgan fingerprint density at radius 1 is 1.12 bits per heavy atom. The minimum atomic E-state index is -1.01. The van der Waals surface area contributed by atoms with Crippen LogP contribution < -0.4 is 5.73 Å². The Morgan fingerprint density at radius 3 is 2.06 bits per heavy atom. The number of piperazine rings is 1. The third-order valence-corrected chi connectivity index (χ3v) is 2.60. The highest BCUT2D eigenvalue weighted by Crippen LogP contribution is 2.01. The van der Waals surface area contributed by atoms with Crippen molar-refractivity contribution in [2.45, 2.75) is 6.04 Å². The largest absolute Gasteiger partial charge is 0.480 e. The van der Waals surface area contributed by atoms with Crippen molar-refractivity contribution in [3.8, 4) is 0 Å². The molecule has 0 amide bonds. The Labute approximate surface area is 93.4 Å². The molecule has 0 aliphatic carbocycles. The van der Waals surface area contributed by atoms with E-state index in [9.17, 15) is 9.59 Å². The summed E-state index contributed by atoms with van der Waals surface area (Å²) < 4.78 is 0. The fraction of sp³-hybridized carbons (Fsp3) is 0.778. The lowest BCUT2D eigenvalue weighted by atomic mass is 10.2. The van der Waals surface area contributed by atoms with Gasteiger partial charge in [-0.25, -0.2) is 0 Å². The molecule has 1 heterocycles. The van der Waals surface area contributed by atoms with Crippen molar-refractivity contribution in [2.75, 3.05) is 39.3 Å². The first-order valence-corrected chi connectivity index (χ1v) is 5.14. The minimum absolute atomic E-state index is 0.0405. The van der Waals surface area contributed by atoms with Crippen LogP contribution in [0.4, 0.5) is 0 Å². The fourth-order valence-corrected chi connectivity index (χ4v) is 1.68. The number of carboxylic acids is 2. The van der Waals surface area contributed by atoms with Crippen LogP contribution in [0.1, 0.15) is 0 Å². The van der Waals surface area contributed by atoms with E-state index in [-0.39, 0.29) is 6.54 Å². The monoisotopic (exact) mass is 231 g/mol. The van der Waals surface area contributed by atoms with Crippen LogP contribution in [0, 0.1) is 0 Å². The predicted molar refractivity (Wildman–Crippen MR) is 56.1 cm³/mol. The van der Waals surface area contributed by atoms with Crippen LogP contribution in [0.25, 0.3) is 0 Å². The van der Waals surface area contributed by atoms with Crippen molar-refractivity contribution in [3.05, 3.63) is 0 Å². The van der Waals surface area contributed by atoms with Gasteiger partial charge in [-0.05, 0) is 0 Å². The van der Waals surface area contributed by atoms with Crippen LogP contribution in [-0.2, 0) is 9.59 Å². The van der Waals surface area contributed by atoms with E-state index in [4.69, 9.17) is 15.9 Å². The number of nitrogens with zero attached hydrogens (tertiary/aromatic N) is 2. The number of hydrogen-bond donors (Lipinski definition) is 3.